The average molecular weight is 463 g/mol. The highest BCUT2D eigenvalue weighted by molar-refractivity contribution is 5.93. The third kappa shape index (κ3) is 5.16. The van der Waals surface area contributed by atoms with Gasteiger partial charge in [0.2, 0.25) is 0 Å². The number of anilines is 1. The number of aryl methyl sites for hydroxylation is 2. The number of ether oxygens (including phenoxy) is 3. The normalized spacial score (nSPS) is 11.2. The second-order valence-corrected chi connectivity index (χ2v) is 9.32. The summed E-state index contributed by atoms with van der Waals surface area (Å²) in [5.41, 5.74) is 5.53. The van der Waals surface area contributed by atoms with E-state index >= 15 is 0 Å². The lowest BCUT2D eigenvalue weighted by Gasteiger charge is -2.36. The Morgan fingerprint density at radius 3 is 2.15 bits per heavy atom. The minimum Gasteiger partial charge on any atom is -0.496 e. The number of hydrogen-bond acceptors (Lipinski definition) is 5. The maximum Gasteiger partial charge on any atom is 0.415 e. The fourth-order valence-corrected chi connectivity index (χ4v) is 4.13. The van der Waals surface area contributed by atoms with Crippen LogP contribution in [0.15, 0.2) is 48.7 Å². The van der Waals surface area contributed by atoms with E-state index in [2.05, 4.69) is 11.1 Å². The molecule has 0 unspecified atom stereocenters. The molecule has 0 fully saturated rings. The van der Waals surface area contributed by atoms with E-state index in [9.17, 15) is 4.79 Å². The van der Waals surface area contributed by atoms with Crippen molar-refractivity contribution in [2.75, 3.05) is 19.1 Å². The first-order chi connectivity index (χ1) is 16.1. The lowest BCUT2D eigenvalue weighted by molar-refractivity contribution is 0.139. The van der Waals surface area contributed by atoms with Crippen molar-refractivity contribution in [2.45, 2.75) is 53.7 Å². The highest BCUT2D eigenvalue weighted by Gasteiger charge is 2.33. The van der Waals surface area contributed by atoms with Crippen LogP contribution in [0.25, 0.3) is 11.1 Å². The van der Waals surface area contributed by atoms with Gasteiger partial charge in [0.25, 0.3) is 0 Å². The summed E-state index contributed by atoms with van der Waals surface area (Å²) in [6, 6.07) is 14.1. The van der Waals surface area contributed by atoms with Crippen LogP contribution in [0.1, 0.15) is 43.2 Å². The maximum absolute atomic E-state index is 13.5. The second-order valence-electron chi connectivity index (χ2n) is 9.32. The van der Waals surface area contributed by atoms with Gasteiger partial charge in [0.1, 0.15) is 18.1 Å². The Morgan fingerprint density at radius 1 is 0.912 bits per heavy atom. The largest absolute Gasteiger partial charge is 0.496 e. The number of carbonyl (C=O) groups is 1. The Balaban J connectivity index is 2.01. The van der Waals surface area contributed by atoms with Gasteiger partial charge < -0.3 is 14.2 Å². The van der Waals surface area contributed by atoms with E-state index in [0.29, 0.717) is 17.1 Å². The van der Waals surface area contributed by atoms with Gasteiger partial charge in [-0.25, -0.2) is 4.79 Å². The lowest BCUT2D eigenvalue weighted by Crippen LogP contribution is -2.46. The quantitative estimate of drug-likeness (QED) is 0.411. The van der Waals surface area contributed by atoms with Crippen LogP contribution in [0.3, 0.4) is 0 Å². The van der Waals surface area contributed by atoms with Crippen molar-refractivity contribution in [2.24, 2.45) is 0 Å². The average Bonchev–Trinajstić information content (AvgIpc) is 2.78. The molecule has 0 spiro atoms. The number of aromatic nitrogens is 1. The Bertz CT molecular complexity index is 1170. The van der Waals surface area contributed by atoms with Crippen molar-refractivity contribution in [3.8, 4) is 22.6 Å². The molecule has 0 aliphatic carbocycles. The van der Waals surface area contributed by atoms with Gasteiger partial charge in [0.15, 0.2) is 0 Å². The summed E-state index contributed by atoms with van der Waals surface area (Å²) in [4.78, 5) is 19.6. The van der Waals surface area contributed by atoms with Gasteiger partial charge in [-0.1, -0.05) is 30.3 Å². The summed E-state index contributed by atoms with van der Waals surface area (Å²) >= 11 is 0. The van der Waals surface area contributed by atoms with Gasteiger partial charge in [-0.05, 0) is 70.4 Å². The zero-order valence-electron chi connectivity index (χ0n) is 21.4. The molecule has 34 heavy (non-hydrogen) atoms. The van der Waals surface area contributed by atoms with Crippen molar-refractivity contribution < 1.29 is 19.0 Å². The molecule has 0 bridgehead atoms. The van der Waals surface area contributed by atoms with Crippen LogP contribution in [0, 0.1) is 20.8 Å². The van der Waals surface area contributed by atoms with Crippen molar-refractivity contribution in [1.82, 2.24) is 4.98 Å². The van der Waals surface area contributed by atoms with Gasteiger partial charge in [0, 0.05) is 22.9 Å². The summed E-state index contributed by atoms with van der Waals surface area (Å²) in [6.07, 6.45) is 1.25. The molecular weight excluding hydrogens is 428 g/mol. The van der Waals surface area contributed by atoms with Crippen LogP contribution in [-0.2, 0) is 11.3 Å². The Kier molecular flexibility index (Phi) is 7.50. The molecule has 1 amide bonds. The molecule has 2 aromatic carbocycles. The van der Waals surface area contributed by atoms with Crippen LogP contribution in [0.5, 0.6) is 11.5 Å². The molecule has 0 N–H and O–H groups in total. The summed E-state index contributed by atoms with van der Waals surface area (Å²) in [5, 5.41) is 0. The molecule has 0 saturated carbocycles. The topological polar surface area (TPSA) is 60.9 Å². The Morgan fingerprint density at radius 2 is 1.56 bits per heavy atom. The molecule has 0 radical (unpaired) electrons. The molecule has 0 saturated heterocycles. The summed E-state index contributed by atoms with van der Waals surface area (Å²) in [6.45, 7) is 11.8. The van der Waals surface area contributed by atoms with E-state index < -0.39 is 11.6 Å². The van der Waals surface area contributed by atoms with E-state index in [-0.39, 0.29) is 6.61 Å². The molecule has 0 aliphatic rings. The smallest absolute Gasteiger partial charge is 0.415 e. The minimum atomic E-state index is -0.570. The number of pyridine rings is 1. The number of carbonyl (C=O) groups excluding carboxylic acids is 1. The zero-order chi connectivity index (χ0) is 25.0. The number of rotatable bonds is 6. The van der Waals surface area contributed by atoms with Gasteiger partial charge >= 0.3 is 6.09 Å². The van der Waals surface area contributed by atoms with Crippen molar-refractivity contribution in [1.29, 1.82) is 0 Å². The summed E-state index contributed by atoms with van der Waals surface area (Å²) in [7, 11) is 3.24. The lowest BCUT2D eigenvalue weighted by atomic mass is 9.98. The highest BCUT2D eigenvalue weighted by atomic mass is 16.6. The molecule has 6 heteroatoms. The molecule has 6 nitrogen and oxygen atoms in total. The first-order valence-corrected chi connectivity index (χ1v) is 11.3. The van der Waals surface area contributed by atoms with E-state index in [4.69, 9.17) is 14.2 Å². The number of amides is 1. The van der Waals surface area contributed by atoms with Crippen LogP contribution < -0.4 is 14.4 Å². The van der Waals surface area contributed by atoms with Crippen LogP contribution >= 0.6 is 0 Å². The Labute approximate surface area is 202 Å². The van der Waals surface area contributed by atoms with Crippen molar-refractivity contribution in [3.63, 3.8) is 0 Å². The first-order valence-electron chi connectivity index (χ1n) is 11.3. The molecule has 0 atom stereocenters. The van der Waals surface area contributed by atoms with Crippen LogP contribution in [-0.4, -0.2) is 30.8 Å². The maximum atomic E-state index is 13.5. The minimum absolute atomic E-state index is 0.0353. The predicted octanol–water partition coefficient (Wildman–Crippen LogP) is 6.63. The summed E-state index contributed by atoms with van der Waals surface area (Å²) in [5.74, 6) is 1.39. The predicted molar refractivity (Wildman–Crippen MR) is 136 cm³/mol. The Hall–Kier alpha value is -3.54. The highest BCUT2D eigenvalue weighted by Crippen LogP contribution is 2.40. The SMILES string of the molecule is COc1c(C)cc(-c2ccccc2)cc1N(C(=O)OCc1ncc(C)c(OC)c1C)C(C)(C)C. The molecule has 0 aliphatic heterocycles. The molecule has 180 valence electrons. The zero-order valence-corrected chi connectivity index (χ0v) is 21.4. The number of hydrogen-bond donors (Lipinski definition) is 0. The van der Waals surface area contributed by atoms with E-state index in [1.165, 1.54) is 0 Å². The van der Waals surface area contributed by atoms with E-state index in [1.54, 1.807) is 25.3 Å². The molecule has 3 aromatic rings. The van der Waals surface area contributed by atoms with Gasteiger partial charge in [-0.2, -0.15) is 0 Å². The standard InChI is InChI=1S/C28H34N2O4/c1-18-14-22(21-12-10-9-11-13-21)15-24(26(18)33-8)30(28(4,5)6)27(31)34-17-23-20(3)25(32-7)19(2)16-29-23/h9-16H,17H2,1-8H3. The number of methoxy groups -OCH3 is 2. The number of benzene rings is 2. The van der Waals surface area contributed by atoms with Gasteiger partial charge in [-0.15, -0.1) is 0 Å². The third-order valence-electron chi connectivity index (χ3n) is 5.74. The molecule has 1 aromatic heterocycles. The van der Waals surface area contributed by atoms with Crippen LogP contribution in [0.4, 0.5) is 10.5 Å². The molecule has 1 heterocycles. The van der Waals surface area contributed by atoms with Crippen molar-refractivity contribution >= 4 is 11.8 Å². The molecular formula is C28H34N2O4. The summed E-state index contributed by atoms with van der Waals surface area (Å²) < 4.78 is 17.0. The van der Waals surface area contributed by atoms with Gasteiger partial charge in [0.05, 0.1) is 25.6 Å². The first kappa shape index (κ1) is 25.1. The van der Waals surface area contributed by atoms with Crippen LogP contribution in [0.2, 0.25) is 0 Å². The fourth-order valence-electron chi connectivity index (χ4n) is 4.13. The monoisotopic (exact) mass is 462 g/mol. The fraction of sp³-hybridized carbons (Fsp3) is 0.357. The second kappa shape index (κ2) is 10.2. The van der Waals surface area contributed by atoms with E-state index in [0.717, 1.165) is 33.6 Å². The van der Waals surface area contributed by atoms with Gasteiger partial charge in [-0.3, -0.25) is 9.88 Å². The number of nitrogens with zero attached hydrogens (tertiary/aromatic N) is 2. The third-order valence-corrected chi connectivity index (χ3v) is 5.74. The molecule has 3 rings (SSSR count). The van der Waals surface area contributed by atoms with Crippen molar-refractivity contribution in [3.05, 3.63) is 71.0 Å². The van der Waals surface area contributed by atoms with E-state index in [1.807, 2.05) is 77.9 Å².